The molecule has 0 heterocycles. The maximum atomic E-state index is 11.9. The Balaban J connectivity index is 2.94. The highest BCUT2D eigenvalue weighted by atomic mass is 16.5. The first kappa shape index (κ1) is 12.5. The summed E-state index contributed by atoms with van der Waals surface area (Å²) in [6, 6.07) is 6.62. The minimum atomic E-state index is -0.484. The smallest absolute Gasteiger partial charge is 0.255 e. The van der Waals surface area contributed by atoms with Crippen molar-refractivity contribution in [2.24, 2.45) is 0 Å². The summed E-state index contributed by atoms with van der Waals surface area (Å²) in [6.07, 6.45) is -0.484. The van der Waals surface area contributed by atoms with Gasteiger partial charge in [0.05, 0.1) is 0 Å². The second-order valence-corrected chi connectivity index (χ2v) is 3.48. The number of carbonyl (C=O) groups excluding carboxylic acids is 1. The van der Waals surface area contributed by atoms with Crippen LogP contribution in [0.1, 0.15) is 13.8 Å². The topological polar surface area (TPSA) is 49.8 Å². The van der Waals surface area contributed by atoms with Gasteiger partial charge in [-0.2, -0.15) is 0 Å². The van der Waals surface area contributed by atoms with Crippen LogP contribution in [-0.2, 0) is 9.53 Å². The molecule has 4 heteroatoms. The molecule has 0 aliphatic carbocycles. The number of rotatable bonds is 4. The number of nitrogens with zero attached hydrogens (tertiary/aromatic N) is 1. The normalized spacial score (nSPS) is 12.2. The molecular formula is C12H17NO3. The Bertz CT molecular complexity index is 365. The van der Waals surface area contributed by atoms with E-state index in [0.717, 1.165) is 0 Å². The quantitative estimate of drug-likeness (QED) is 0.846. The van der Waals surface area contributed by atoms with Gasteiger partial charge >= 0.3 is 0 Å². The first-order valence-corrected chi connectivity index (χ1v) is 5.23. The molecule has 1 aromatic rings. The molecule has 0 aliphatic rings. The van der Waals surface area contributed by atoms with Crippen molar-refractivity contribution in [2.45, 2.75) is 20.0 Å². The number of carbonyl (C=O) groups is 1. The Morgan fingerprint density at radius 1 is 1.56 bits per heavy atom. The number of ether oxygens (including phenoxy) is 1. The number of hydrogen-bond acceptors (Lipinski definition) is 3. The number of hydrogen-bond donors (Lipinski definition) is 1. The average Bonchev–Trinajstić information content (AvgIpc) is 2.29. The van der Waals surface area contributed by atoms with E-state index in [1.807, 2.05) is 6.92 Å². The Kier molecular flexibility index (Phi) is 4.31. The van der Waals surface area contributed by atoms with Crippen molar-refractivity contribution < 1.29 is 14.6 Å². The van der Waals surface area contributed by atoms with Gasteiger partial charge in [0.2, 0.25) is 0 Å². The van der Waals surface area contributed by atoms with E-state index in [9.17, 15) is 9.90 Å². The number of likely N-dealkylation sites (N-methyl/N-ethyl adjacent to an activating group) is 1. The van der Waals surface area contributed by atoms with Crippen molar-refractivity contribution in [3.05, 3.63) is 24.3 Å². The SMILES string of the molecule is CCN(C(=O)C(C)OC)c1cccc(O)c1. The summed E-state index contributed by atoms with van der Waals surface area (Å²) in [5.41, 5.74) is 0.677. The lowest BCUT2D eigenvalue weighted by molar-refractivity contribution is -0.127. The molecule has 1 amide bonds. The van der Waals surface area contributed by atoms with Crippen LogP contribution in [-0.4, -0.2) is 30.8 Å². The molecule has 0 aromatic heterocycles. The predicted molar refractivity (Wildman–Crippen MR) is 62.6 cm³/mol. The molecule has 0 saturated carbocycles. The van der Waals surface area contributed by atoms with Crippen LogP contribution in [0.2, 0.25) is 0 Å². The fourth-order valence-electron chi connectivity index (χ4n) is 1.45. The number of aromatic hydroxyl groups is 1. The van der Waals surface area contributed by atoms with E-state index in [-0.39, 0.29) is 11.7 Å². The van der Waals surface area contributed by atoms with Crippen LogP contribution in [0.3, 0.4) is 0 Å². The third-order valence-corrected chi connectivity index (χ3v) is 2.42. The summed E-state index contributed by atoms with van der Waals surface area (Å²) in [6.45, 7) is 4.12. The van der Waals surface area contributed by atoms with Crippen molar-refractivity contribution in [1.82, 2.24) is 0 Å². The first-order chi connectivity index (χ1) is 7.60. The van der Waals surface area contributed by atoms with Gasteiger partial charge in [0.15, 0.2) is 0 Å². The largest absolute Gasteiger partial charge is 0.508 e. The van der Waals surface area contributed by atoms with E-state index in [1.165, 1.54) is 7.11 Å². The third-order valence-electron chi connectivity index (χ3n) is 2.42. The second kappa shape index (κ2) is 5.51. The molecule has 0 saturated heterocycles. The fourth-order valence-corrected chi connectivity index (χ4v) is 1.45. The first-order valence-electron chi connectivity index (χ1n) is 5.23. The lowest BCUT2D eigenvalue weighted by Crippen LogP contribution is -2.38. The highest BCUT2D eigenvalue weighted by molar-refractivity contribution is 5.96. The van der Waals surface area contributed by atoms with Gasteiger partial charge in [-0.25, -0.2) is 0 Å². The molecule has 88 valence electrons. The number of amides is 1. The average molecular weight is 223 g/mol. The zero-order chi connectivity index (χ0) is 12.1. The van der Waals surface area contributed by atoms with Gasteiger partial charge in [0, 0.05) is 25.4 Å². The Morgan fingerprint density at radius 2 is 2.25 bits per heavy atom. The van der Waals surface area contributed by atoms with Crippen LogP contribution in [0.25, 0.3) is 0 Å². The van der Waals surface area contributed by atoms with Gasteiger partial charge in [0.1, 0.15) is 11.9 Å². The standard InChI is InChI=1S/C12H17NO3/c1-4-13(12(15)9(2)16-3)10-6-5-7-11(14)8-10/h5-9,14H,4H2,1-3H3. The summed E-state index contributed by atoms with van der Waals surface area (Å²) in [7, 11) is 1.50. The van der Waals surface area contributed by atoms with E-state index in [4.69, 9.17) is 4.74 Å². The van der Waals surface area contributed by atoms with Gasteiger partial charge in [-0.3, -0.25) is 4.79 Å². The van der Waals surface area contributed by atoms with Crippen LogP contribution in [0.15, 0.2) is 24.3 Å². The van der Waals surface area contributed by atoms with E-state index >= 15 is 0 Å². The van der Waals surface area contributed by atoms with Gasteiger partial charge < -0.3 is 14.7 Å². The molecule has 0 radical (unpaired) electrons. The van der Waals surface area contributed by atoms with Crippen molar-refractivity contribution in [3.63, 3.8) is 0 Å². The summed E-state index contributed by atoms with van der Waals surface area (Å²) in [5, 5.41) is 9.37. The summed E-state index contributed by atoms with van der Waals surface area (Å²) in [4.78, 5) is 13.5. The highest BCUT2D eigenvalue weighted by Crippen LogP contribution is 2.20. The van der Waals surface area contributed by atoms with E-state index in [0.29, 0.717) is 12.2 Å². The van der Waals surface area contributed by atoms with E-state index in [1.54, 1.807) is 36.1 Å². The Morgan fingerprint density at radius 3 is 2.75 bits per heavy atom. The zero-order valence-corrected chi connectivity index (χ0v) is 9.80. The minimum absolute atomic E-state index is 0.115. The monoisotopic (exact) mass is 223 g/mol. The third kappa shape index (κ3) is 2.73. The molecule has 0 aliphatic heterocycles. The molecular weight excluding hydrogens is 206 g/mol. The highest BCUT2D eigenvalue weighted by Gasteiger charge is 2.20. The maximum Gasteiger partial charge on any atom is 0.255 e. The molecule has 0 spiro atoms. The Hall–Kier alpha value is -1.55. The second-order valence-electron chi connectivity index (χ2n) is 3.48. The molecule has 16 heavy (non-hydrogen) atoms. The molecule has 1 atom stereocenters. The minimum Gasteiger partial charge on any atom is -0.508 e. The molecule has 1 aromatic carbocycles. The molecule has 1 N–H and O–H groups in total. The number of anilines is 1. The number of phenolic OH excluding ortho intramolecular Hbond substituents is 1. The van der Waals surface area contributed by atoms with Crippen LogP contribution < -0.4 is 4.90 Å². The van der Waals surface area contributed by atoms with E-state index in [2.05, 4.69) is 0 Å². The van der Waals surface area contributed by atoms with Gasteiger partial charge in [0.25, 0.3) is 5.91 Å². The number of benzene rings is 1. The summed E-state index contributed by atoms with van der Waals surface area (Å²) in [5.74, 6) is 0.0319. The van der Waals surface area contributed by atoms with Crippen LogP contribution in [0, 0.1) is 0 Å². The zero-order valence-electron chi connectivity index (χ0n) is 9.80. The molecule has 4 nitrogen and oxygen atoms in total. The summed E-state index contributed by atoms with van der Waals surface area (Å²) < 4.78 is 4.99. The molecule has 0 bridgehead atoms. The molecule has 0 fully saturated rings. The van der Waals surface area contributed by atoms with Gasteiger partial charge in [-0.1, -0.05) is 6.07 Å². The van der Waals surface area contributed by atoms with Crippen LogP contribution >= 0.6 is 0 Å². The lowest BCUT2D eigenvalue weighted by atomic mass is 10.2. The van der Waals surface area contributed by atoms with Crippen LogP contribution in [0.5, 0.6) is 5.75 Å². The number of methoxy groups -OCH3 is 1. The molecule has 1 unspecified atom stereocenters. The van der Waals surface area contributed by atoms with Crippen molar-refractivity contribution >= 4 is 11.6 Å². The van der Waals surface area contributed by atoms with E-state index < -0.39 is 6.10 Å². The maximum absolute atomic E-state index is 11.9. The molecule has 1 rings (SSSR count). The van der Waals surface area contributed by atoms with Gasteiger partial charge in [-0.15, -0.1) is 0 Å². The van der Waals surface area contributed by atoms with Crippen LogP contribution in [0.4, 0.5) is 5.69 Å². The van der Waals surface area contributed by atoms with Crippen molar-refractivity contribution in [2.75, 3.05) is 18.6 Å². The lowest BCUT2D eigenvalue weighted by Gasteiger charge is -2.23. The van der Waals surface area contributed by atoms with Gasteiger partial charge in [-0.05, 0) is 26.0 Å². The number of phenols is 1. The van der Waals surface area contributed by atoms with Crippen molar-refractivity contribution in [3.8, 4) is 5.75 Å². The predicted octanol–water partition coefficient (Wildman–Crippen LogP) is 1.78. The Labute approximate surface area is 95.5 Å². The fraction of sp³-hybridized carbons (Fsp3) is 0.417. The summed E-state index contributed by atoms with van der Waals surface area (Å²) >= 11 is 0. The van der Waals surface area contributed by atoms with Crippen molar-refractivity contribution in [1.29, 1.82) is 0 Å².